The lowest BCUT2D eigenvalue weighted by Gasteiger charge is -1.97. The number of benzene rings is 2. The molecule has 0 aliphatic carbocycles. The van der Waals surface area contributed by atoms with Gasteiger partial charge in [0.05, 0.1) is 0 Å². The van der Waals surface area contributed by atoms with E-state index in [1.807, 2.05) is 12.1 Å². The molecule has 0 atom stereocenters. The van der Waals surface area contributed by atoms with Crippen molar-refractivity contribution >= 4 is 6.47 Å². The SMILES string of the molecule is Cc1cccc([I+]c2cccc(COC=O)c2)c1. The molecule has 0 aliphatic heterocycles. The molecule has 2 aromatic carbocycles. The highest BCUT2D eigenvalue weighted by Crippen LogP contribution is 2.00. The summed E-state index contributed by atoms with van der Waals surface area (Å²) in [5, 5.41) is 0. The molecule has 2 aromatic rings. The predicted molar refractivity (Wildman–Crippen MR) is 65.9 cm³/mol. The Labute approximate surface area is 117 Å². The van der Waals surface area contributed by atoms with Gasteiger partial charge in [0.25, 0.3) is 6.47 Å². The topological polar surface area (TPSA) is 26.3 Å². The molecule has 0 aromatic heterocycles. The second-order valence-electron chi connectivity index (χ2n) is 3.93. The minimum atomic E-state index is -0.165. The van der Waals surface area contributed by atoms with Crippen molar-refractivity contribution in [2.45, 2.75) is 13.5 Å². The van der Waals surface area contributed by atoms with Crippen LogP contribution >= 0.6 is 0 Å². The number of carbonyl (C=O) groups is 1. The van der Waals surface area contributed by atoms with E-state index in [0.717, 1.165) is 5.56 Å². The first-order valence-corrected chi connectivity index (χ1v) is 7.79. The molecule has 0 spiro atoms. The molecule has 92 valence electrons. The van der Waals surface area contributed by atoms with Crippen LogP contribution in [0, 0.1) is 14.1 Å². The maximum Gasteiger partial charge on any atom is 0.357 e. The van der Waals surface area contributed by atoms with Crippen molar-refractivity contribution in [3.05, 3.63) is 66.8 Å². The highest BCUT2D eigenvalue weighted by Gasteiger charge is 2.15. The summed E-state index contributed by atoms with van der Waals surface area (Å²) in [6.07, 6.45) is 0. The lowest BCUT2D eigenvalue weighted by molar-refractivity contribution is -0.597. The fourth-order valence-corrected chi connectivity index (χ4v) is 4.30. The van der Waals surface area contributed by atoms with Gasteiger partial charge in [0.2, 0.25) is 0 Å². The average molecular weight is 353 g/mol. The van der Waals surface area contributed by atoms with E-state index in [4.69, 9.17) is 4.74 Å². The normalized spacial score (nSPS) is 10.1. The Morgan fingerprint density at radius 2 is 1.83 bits per heavy atom. The quantitative estimate of drug-likeness (QED) is 0.550. The molecule has 0 aliphatic rings. The second kappa shape index (κ2) is 6.54. The minimum absolute atomic E-state index is 0.165. The summed E-state index contributed by atoms with van der Waals surface area (Å²) >= 11 is -0.165. The van der Waals surface area contributed by atoms with E-state index in [-0.39, 0.29) is 21.2 Å². The van der Waals surface area contributed by atoms with Crippen LogP contribution in [0.2, 0.25) is 0 Å². The van der Waals surface area contributed by atoms with Gasteiger partial charge in [-0.05, 0) is 42.3 Å². The summed E-state index contributed by atoms with van der Waals surface area (Å²) in [7, 11) is 0. The standard InChI is InChI=1S/C15H14IO2/c1-12-4-2-6-14(8-12)16-15-7-3-5-13(9-15)10-18-11-17/h2-9,11H,10H2,1H3/q+1. The number of hydrogen-bond acceptors (Lipinski definition) is 2. The number of hydrogen-bond donors (Lipinski definition) is 0. The lowest BCUT2D eigenvalue weighted by Crippen LogP contribution is -3.61. The van der Waals surface area contributed by atoms with Gasteiger partial charge in [0.1, 0.15) is 6.61 Å². The molecule has 2 nitrogen and oxygen atoms in total. The highest BCUT2D eigenvalue weighted by molar-refractivity contribution is 5.37. The van der Waals surface area contributed by atoms with Crippen LogP contribution in [0.15, 0.2) is 48.5 Å². The van der Waals surface area contributed by atoms with Gasteiger partial charge in [-0.3, -0.25) is 4.79 Å². The van der Waals surface area contributed by atoms with E-state index in [1.54, 1.807) is 0 Å². The molecule has 0 radical (unpaired) electrons. The average Bonchev–Trinajstić information content (AvgIpc) is 2.37. The summed E-state index contributed by atoms with van der Waals surface area (Å²) in [5.41, 5.74) is 2.35. The molecule has 2 rings (SSSR count). The third-order valence-electron chi connectivity index (χ3n) is 2.41. The van der Waals surface area contributed by atoms with Crippen LogP contribution in [0.4, 0.5) is 0 Å². The Balaban J connectivity index is 2.11. The van der Waals surface area contributed by atoms with E-state index < -0.39 is 0 Å². The number of aryl methyl sites for hydroxylation is 1. The summed E-state index contributed by atoms with van der Waals surface area (Å²) in [5.74, 6) is 0. The van der Waals surface area contributed by atoms with Gasteiger partial charge in [-0.2, -0.15) is 0 Å². The number of carbonyl (C=O) groups excluding carboxylic acids is 1. The molecule has 0 unspecified atom stereocenters. The molecule has 3 heteroatoms. The van der Waals surface area contributed by atoms with Crippen LogP contribution in [0.5, 0.6) is 0 Å². The Hall–Kier alpha value is -1.36. The van der Waals surface area contributed by atoms with E-state index in [9.17, 15) is 4.79 Å². The van der Waals surface area contributed by atoms with Gasteiger partial charge in [-0.1, -0.05) is 24.3 Å². The van der Waals surface area contributed by atoms with Gasteiger partial charge in [-0.25, -0.2) is 0 Å². The number of ether oxygens (including phenoxy) is 1. The maximum atomic E-state index is 10.2. The fourth-order valence-electron chi connectivity index (χ4n) is 1.61. The molecular weight excluding hydrogens is 339 g/mol. The monoisotopic (exact) mass is 353 g/mol. The van der Waals surface area contributed by atoms with Crippen LogP contribution in [0.25, 0.3) is 0 Å². The second-order valence-corrected chi connectivity index (χ2v) is 6.96. The number of rotatable bonds is 5. The van der Waals surface area contributed by atoms with Gasteiger partial charge in [-0.15, -0.1) is 0 Å². The summed E-state index contributed by atoms with van der Waals surface area (Å²) in [6.45, 7) is 2.96. The zero-order valence-corrected chi connectivity index (χ0v) is 12.3. The van der Waals surface area contributed by atoms with Crippen LogP contribution in [0.3, 0.4) is 0 Å². The fraction of sp³-hybridized carbons (Fsp3) is 0.133. The molecule has 0 saturated heterocycles. The zero-order chi connectivity index (χ0) is 12.8. The molecule has 0 bridgehead atoms. The Morgan fingerprint density at radius 3 is 2.56 bits per heavy atom. The molecular formula is C15H14IO2+. The molecule has 18 heavy (non-hydrogen) atoms. The molecule has 0 saturated carbocycles. The van der Waals surface area contributed by atoms with E-state index in [0.29, 0.717) is 13.1 Å². The van der Waals surface area contributed by atoms with Crippen molar-refractivity contribution in [1.29, 1.82) is 0 Å². The summed E-state index contributed by atoms with van der Waals surface area (Å²) in [4.78, 5) is 10.2. The van der Waals surface area contributed by atoms with Crippen LogP contribution < -0.4 is 21.2 Å². The lowest BCUT2D eigenvalue weighted by atomic mass is 10.2. The first kappa shape index (κ1) is 13.1. The van der Waals surface area contributed by atoms with E-state index in [2.05, 4.69) is 43.3 Å². The molecule has 0 fully saturated rings. The largest absolute Gasteiger partial charge is 0.463 e. The van der Waals surface area contributed by atoms with Gasteiger partial charge in [0, 0.05) is 0 Å². The third kappa shape index (κ3) is 3.84. The first-order valence-electron chi connectivity index (χ1n) is 5.63. The first-order chi connectivity index (χ1) is 8.78. The minimum Gasteiger partial charge on any atom is -0.463 e. The van der Waals surface area contributed by atoms with Crippen LogP contribution in [-0.2, 0) is 16.1 Å². The summed E-state index contributed by atoms with van der Waals surface area (Å²) < 4.78 is 7.52. The van der Waals surface area contributed by atoms with E-state index in [1.165, 1.54) is 12.7 Å². The van der Waals surface area contributed by atoms with Crippen molar-refractivity contribution in [1.82, 2.24) is 0 Å². The Kier molecular flexibility index (Phi) is 4.75. The Bertz CT molecular complexity index is 538. The molecule has 0 heterocycles. The van der Waals surface area contributed by atoms with Gasteiger partial charge >= 0.3 is 21.2 Å². The van der Waals surface area contributed by atoms with Gasteiger partial charge < -0.3 is 4.74 Å². The van der Waals surface area contributed by atoms with Crippen molar-refractivity contribution in [3.8, 4) is 0 Å². The third-order valence-corrected chi connectivity index (χ3v) is 4.99. The maximum absolute atomic E-state index is 10.2. The van der Waals surface area contributed by atoms with Crippen LogP contribution in [0.1, 0.15) is 11.1 Å². The smallest absolute Gasteiger partial charge is 0.357 e. The summed E-state index contributed by atoms with van der Waals surface area (Å²) in [6, 6.07) is 16.9. The van der Waals surface area contributed by atoms with Gasteiger partial charge in [0.15, 0.2) is 7.14 Å². The Morgan fingerprint density at radius 1 is 1.11 bits per heavy atom. The zero-order valence-electron chi connectivity index (χ0n) is 10.1. The highest BCUT2D eigenvalue weighted by atomic mass is 127. The van der Waals surface area contributed by atoms with Crippen molar-refractivity contribution in [3.63, 3.8) is 0 Å². The molecule has 0 N–H and O–H groups in total. The van der Waals surface area contributed by atoms with Crippen molar-refractivity contribution in [2.75, 3.05) is 0 Å². The number of halogens is 1. The van der Waals surface area contributed by atoms with Crippen molar-refractivity contribution in [2.24, 2.45) is 0 Å². The van der Waals surface area contributed by atoms with E-state index >= 15 is 0 Å². The van der Waals surface area contributed by atoms with Crippen molar-refractivity contribution < 1.29 is 30.7 Å². The molecule has 0 amide bonds. The predicted octanol–water partition coefficient (Wildman–Crippen LogP) is -0.204. The van der Waals surface area contributed by atoms with Crippen LogP contribution in [-0.4, -0.2) is 6.47 Å².